The Hall–Kier alpha value is -1.49. The van der Waals surface area contributed by atoms with E-state index < -0.39 is 5.54 Å². The lowest BCUT2D eigenvalue weighted by molar-refractivity contribution is 0.0944. The van der Waals surface area contributed by atoms with E-state index in [-0.39, 0.29) is 5.91 Å². The first-order valence-corrected chi connectivity index (χ1v) is 5.74. The third-order valence-corrected chi connectivity index (χ3v) is 2.28. The van der Waals surface area contributed by atoms with Crippen molar-refractivity contribution in [2.24, 2.45) is 5.73 Å². The zero-order valence-electron chi connectivity index (χ0n) is 10.9. The van der Waals surface area contributed by atoms with Crippen molar-refractivity contribution in [3.05, 3.63) is 23.0 Å². The molecule has 1 aromatic heterocycles. The molecule has 1 heterocycles. The van der Waals surface area contributed by atoms with Gasteiger partial charge in [0.15, 0.2) is 0 Å². The lowest BCUT2D eigenvalue weighted by Crippen LogP contribution is -2.45. The number of carbonyl (C=O) groups excluding carboxylic acids is 1. The Morgan fingerprint density at radius 1 is 1.47 bits per heavy atom. The Bertz CT molecular complexity index is 409. The molecule has 0 aliphatic heterocycles. The second-order valence-corrected chi connectivity index (χ2v) is 4.87. The van der Waals surface area contributed by atoms with Gasteiger partial charge < -0.3 is 11.1 Å². The highest BCUT2D eigenvalue weighted by Crippen LogP contribution is 2.07. The Labute approximate surface area is 102 Å². The smallest absolute Gasteiger partial charge is 0.253 e. The number of nitrogens with zero attached hydrogens (tertiary/aromatic N) is 2. The molecule has 17 heavy (non-hydrogen) atoms. The second-order valence-electron chi connectivity index (χ2n) is 4.87. The van der Waals surface area contributed by atoms with Crippen LogP contribution in [-0.2, 0) is 6.42 Å². The van der Waals surface area contributed by atoms with E-state index in [4.69, 9.17) is 5.73 Å². The van der Waals surface area contributed by atoms with Gasteiger partial charge >= 0.3 is 0 Å². The molecule has 0 aliphatic rings. The van der Waals surface area contributed by atoms with E-state index in [9.17, 15) is 4.79 Å². The van der Waals surface area contributed by atoms with Gasteiger partial charge in [0.2, 0.25) is 0 Å². The molecule has 94 valence electrons. The molecule has 0 unspecified atom stereocenters. The summed E-state index contributed by atoms with van der Waals surface area (Å²) in [4.78, 5) is 12.0. The third kappa shape index (κ3) is 4.11. The first kappa shape index (κ1) is 13.6. The molecule has 0 saturated heterocycles. The topological polar surface area (TPSA) is 80.9 Å². The van der Waals surface area contributed by atoms with Crippen LogP contribution in [-0.4, -0.2) is 28.2 Å². The summed E-state index contributed by atoms with van der Waals surface area (Å²) < 4.78 is 0. The van der Waals surface area contributed by atoms with Gasteiger partial charge in [0.1, 0.15) is 0 Å². The minimum Gasteiger partial charge on any atom is -0.350 e. The average molecular weight is 236 g/mol. The number of hydrogen-bond acceptors (Lipinski definition) is 4. The summed E-state index contributed by atoms with van der Waals surface area (Å²) in [6.07, 6.45) is 0.683. The van der Waals surface area contributed by atoms with E-state index in [0.717, 1.165) is 5.69 Å². The average Bonchev–Trinajstić information content (AvgIpc) is 2.25. The van der Waals surface area contributed by atoms with Gasteiger partial charge in [0.05, 0.1) is 17.0 Å². The van der Waals surface area contributed by atoms with E-state index in [2.05, 4.69) is 15.5 Å². The van der Waals surface area contributed by atoms with Crippen LogP contribution in [0.5, 0.6) is 0 Å². The zero-order chi connectivity index (χ0) is 13.1. The minimum absolute atomic E-state index is 0.140. The highest BCUT2D eigenvalue weighted by molar-refractivity contribution is 5.95. The van der Waals surface area contributed by atoms with Crippen LogP contribution in [0.3, 0.4) is 0 Å². The molecule has 5 heteroatoms. The van der Waals surface area contributed by atoms with Crippen LogP contribution < -0.4 is 11.1 Å². The van der Waals surface area contributed by atoms with Gasteiger partial charge in [0.25, 0.3) is 5.91 Å². The molecular formula is C12H20N4O. The maximum absolute atomic E-state index is 12.0. The van der Waals surface area contributed by atoms with Crippen LogP contribution in [0.1, 0.15) is 42.5 Å². The lowest BCUT2D eigenvalue weighted by atomic mass is 10.1. The summed E-state index contributed by atoms with van der Waals surface area (Å²) in [6.45, 7) is 7.92. The standard InChI is InChI=1S/C12H20N4O/c1-5-10-9(6-8(2)15-16-10)11(17)14-7-12(3,4)13/h6H,5,7,13H2,1-4H3,(H,14,17). The van der Waals surface area contributed by atoms with E-state index in [0.29, 0.717) is 24.2 Å². The fourth-order valence-corrected chi connectivity index (χ4v) is 1.38. The largest absolute Gasteiger partial charge is 0.350 e. The predicted octanol–water partition coefficient (Wildman–Crippen LogP) is 0.815. The normalized spacial score (nSPS) is 11.4. The van der Waals surface area contributed by atoms with Crippen LogP contribution in [0.25, 0.3) is 0 Å². The summed E-state index contributed by atoms with van der Waals surface area (Å²) in [6, 6.07) is 1.75. The maximum Gasteiger partial charge on any atom is 0.253 e. The molecule has 1 rings (SSSR count). The molecule has 0 aliphatic carbocycles. The molecular weight excluding hydrogens is 216 g/mol. The second kappa shape index (κ2) is 5.23. The number of carbonyl (C=O) groups is 1. The predicted molar refractivity (Wildman–Crippen MR) is 66.7 cm³/mol. The van der Waals surface area contributed by atoms with Gasteiger partial charge in [-0.05, 0) is 33.3 Å². The summed E-state index contributed by atoms with van der Waals surface area (Å²) in [5.74, 6) is -0.140. The molecule has 5 nitrogen and oxygen atoms in total. The van der Waals surface area contributed by atoms with Crippen molar-refractivity contribution in [2.45, 2.75) is 39.7 Å². The number of nitrogens with two attached hydrogens (primary N) is 1. The van der Waals surface area contributed by atoms with Crippen LogP contribution in [0, 0.1) is 6.92 Å². The molecule has 0 saturated carbocycles. The fourth-order valence-electron chi connectivity index (χ4n) is 1.38. The Morgan fingerprint density at radius 2 is 2.12 bits per heavy atom. The molecule has 3 N–H and O–H groups in total. The van der Waals surface area contributed by atoms with E-state index in [1.807, 2.05) is 27.7 Å². The number of aromatic nitrogens is 2. The summed E-state index contributed by atoms with van der Waals surface area (Å²) in [5, 5.41) is 10.8. The SMILES string of the molecule is CCc1nnc(C)cc1C(=O)NCC(C)(C)N. The first-order chi connectivity index (χ1) is 7.83. The van der Waals surface area contributed by atoms with Crippen LogP contribution >= 0.6 is 0 Å². The van der Waals surface area contributed by atoms with Crippen molar-refractivity contribution < 1.29 is 4.79 Å². The van der Waals surface area contributed by atoms with Crippen molar-refractivity contribution in [1.29, 1.82) is 0 Å². The van der Waals surface area contributed by atoms with Gasteiger partial charge in [-0.1, -0.05) is 6.92 Å². The Morgan fingerprint density at radius 3 is 2.65 bits per heavy atom. The van der Waals surface area contributed by atoms with E-state index >= 15 is 0 Å². The molecule has 0 spiro atoms. The van der Waals surface area contributed by atoms with Crippen molar-refractivity contribution in [3.8, 4) is 0 Å². The first-order valence-electron chi connectivity index (χ1n) is 5.74. The fraction of sp³-hybridized carbons (Fsp3) is 0.583. The monoisotopic (exact) mass is 236 g/mol. The van der Waals surface area contributed by atoms with Gasteiger partial charge in [-0.3, -0.25) is 4.79 Å². The van der Waals surface area contributed by atoms with Crippen molar-refractivity contribution in [3.63, 3.8) is 0 Å². The molecule has 1 aromatic rings. The minimum atomic E-state index is -0.419. The number of amides is 1. The lowest BCUT2D eigenvalue weighted by Gasteiger charge is -2.19. The molecule has 0 radical (unpaired) electrons. The molecule has 1 amide bonds. The van der Waals surface area contributed by atoms with E-state index in [1.54, 1.807) is 6.07 Å². The number of nitrogens with one attached hydrogen (secondary N) is 1. The zero-order valence-corrected chi connectivity index (χ0v) is 10.9. The number of aryl methyl sites for hydroxylation is 2. The maximum atomic E-state index is 12.0. The summed E-state index contributed by atoms with van der Waals surface area (Å²) in [5.41, 5.74) is 7.43. The van der Waals surface area contributed by atoms with E-state index in [1.165, 1.54) is 0 Å². The van der Waals surface area contributed by atoms with Crippen molar-refractivity contribution >= 4 is 5.91 Å². The molecule has 0 aromatic carbocycles. The number of hydrogen-bond donors (Lipinski definition) is 2. The van der Waals surface area contributed by atoms with Gasteiger partial charge in [-0.15, -0.1) is 0 Å². The number of rotatable bonds is 4. The highest BCUT2D eigenvalue weighted by atomic mass is 16.1. The summed E-state index contributed by atoms with van der Waals surface area (Å²) in [7, 11) is 0. The van der Waals surface area contributed by atoms with Crippen LogP contribution in [0.2, 0.25) is 0 Å². The molecule has 0 bridgehead atoms. The van der Waals surface area contributed by atoms with Gasteiger partial charge in [-0.2, -0.15) is 10.2 Å². The quantitative estimate of drug-likeness (QED) is 0.810. The third-order valence-electron chi connectivity index (χ3n) is 2.28. The Balaban J connectivity index is 2.84. The Kier molecular flexibility index (Phi) is 4.17. The van der Waals surface area contributed by atoms with Gasteiger partial charge in [-0.25, -0.2) is 0 Å². The van der Waals surface area contributed by atoms with Crippen LogP contribution in [0.4, 0.5) is 0 Å². The summed E-state index contributed by atoms with van der Waals surface area (Å²) >= 11 is 0. The van der Waals surface area contributed by atoms with Crippen molar-refractivity contribution in [2.75, 3.05) is 6.54 Å². The molecule has 0 fully saturated rings. The highest BCUT2D eigenvalue weighted by Gasteiger charge is 2.16. The van der Waals surface area contributed by atoms with Crippen molar-refractivity contribution in [1.82, 2.24) is 15.5 Å². The van der Waals surface area contributed by atoms with Crippen LogP contribution in [0.15, 0.2) is 6.07 Å². The molecule has 0 atom stereocenters. The van der Waals surface area contributed by atoms with Gasteiger partial charge in [0, 0.05) is 12.1 Å².